The molecule has 0 aromatic carbocycles. The molecule has 0 bridgehead atoms. The highest BCUT2D eigenvalue weighted by atomic mass is 16.5. The van der Waals surface area contributed by atoms with E-state index in [1.807, 2.05) is 19.9 Å². The first-order valence-corrected chi connectivity index (χ1v) is 5.97. The Morgan fingerprint density at radius 3 is 2.44 bits per heavy atom. The molecule has 3 heteroatoms. The van der Waals surface area contributed by atoms with Crippen molar-refractivity contribution in [3.05, 3.63) is 17.8 Å². The highest BCUT2D eigenvalue weighted by Crippen LogP contribution is 2.24. The molecule has 0 aliphatic rings. The number of pyridine rings is 1. The second kappa shape index (κ2) is 7.97. The van der Waals surface area contributed by atoms with E-state index >= 15 is 0 Å². The van der Waals surface area contributed by atoms with E-state index in [4.69, 9.17) is 4.74 Å². The van der Waals surface area contributed by atoms with Gasteiger partial charge in [0.2, 0.25) is 0 Å². The van der Waals surface area contributed by atoms with Gasteiger partial charge in [-0.1, -0.05) is 20.8 Å². The van der Waals surface area contributed by atoms with Crippen molar-refractivity contribution in [1.29, 1.82) is 0 Å². The minimum atomic E-state index is 0.389. The number of anilines is 1. The molecular weight excluding hydrogens is 200 g/mol. The molecule has 0 saturated heterocycles. The molecule has 16 heavy (non-hydrogen) atoms. The first-order chi connectivity index (χ1) is 7.69. The van der Waals surface area contributed by atoms with Crippen molar-refractivity contribution in [2.75, 3.05) is 12.4 Å². The number of nitrogens with one attached hydrogen (secondary N) is 1. The van der Waals surface area contributed by atoms with Gasteiger partial charge in [-0.25, -0.2) is 4.98 Å². The van der Waals surface area contributed by atoms with Crippen LogP contribution in [0.5, 0.6) is 5.75 Å². The highest BCUT2D eigenvalue weighted by molar-refractivity contribution is 5.52. The van der Waals surface area contributed by atoms with Crippen LogP contribution in [0.4, 0.5) is 5.82 Å². The molecule has 0 radical (unpaired) electrons. The van der Waals surface area contributed by atoms with Crippen LogP contribution in [0.3, 0.4) is 0 Å². The molecular formula is C13H24N2O. The highest BCUT2D eigenvalue weighted by Gasteiger charge is 2.08. The quantitative estimate of drug-likeness (QED) is 0.850. The smallest absolute Gasteiger partial charge is 0.133 e. The molecule has 1 N–H and O–H groups in total. The fourth-order valence-corrected chi connectivity index (χ4v) is 1.41. The van der Waals surface area contributed by atoms with Gasteiger partial charge in [0.05, 0.1) is 7.11 Å². The molecule has 0 saturated carbocycles. The van der Waals surface area contributed by atoms with Gasteiger partial charge in [0.1, 0.15) is 11.6 Å². The Morgan fingerprint density at radius 2 is 2.00 bits per heavy atom. The number of hydrogen-bond acceptors (Lipinski definition) is 3. The molecule has 0 aliphatic carbocycles. The standard InChI is InChI=1S/C11H18N2O.C2H6/c1-5-9-10(14-4)6-7-12-11(9)13-8(2)3;1-2/h6-8H,5H2,1-4H3,(H,12,13);1-2H3. The molecule has 1 rings (SSSR count). The maximum Gasteiger partial charge on any atom is 0.133 e. The maximum absolute atomic E-state index is 5.28. The molecule has 0 unspecified atom stereocenters. The summed E-state index contributed by atoms with van der Waals surface area (Å²) in [7, 11) is 1.69. The molecule has 0 amide bonds. The Morgan fingerprint density at radius 1 is 1.38 bits per heavy atom. The van der Waals surface area contributed by atoms with Crippen LogP contribution in [-0.4, -0.2) is 18.1 Å². The van der Waals surface area contributed by atoms with Crippen LogP contribution >= 0.6 is 0 Å². The number of rotatable bonds is 4. The molecule has 0 atom stereocenters. The summed E-state index contributed by atoms with van der Waals surface area (Å²) in [5, 5.41) is 3.31. The Bertz CT molecular complexity index is 298. The Balaban J connectivity index is 0.00000106. The lowest BCUT2D eigenvalue weighted by Crippen LogP contribution is -2.13. The van der Waals surface area contributed by atoms with E-state index in [1.165, 1.54) is 0 Å². The third kappa shape index (κ3) is 4.09. The molecule has 0 aliphatic heterocycles. The monoisotopic (exact) mass is 224 g/mol. The van der Waals surface area contributed by atoms with Gasteiger partial charge < -0.3 is 10.1 Å². The lowest BCUT2D eigenvalue weighted by molar-refractivity contribution is 0.409. The summed E-state index contributed by atoms with van der Waals surface area (Å²) in [4.78, 5) is 4.31. The molecule has 0 spiro atoms. The maximum atomic E-state index is 5.28. The van der Waals surface area contributed by atoms with E-state index in [9.17, 15) is 0 Å². The lowest BCUT2D eigenvalue weighted by atomic mass is 10.1. The summed E-state index contributed by atoms with van der Waals surface area (Å²) in [6.07, 6.45) is 2.69. The Hall–Kier alpha value is -1.25. The average molecular weight is 224 g/mol. The van der Waals surface area contributed by atoms with E-state index in [1.54, 1.807) is 13.3 Å². The zero-order valence-corrected chi connectivity index (χ0v) is 11.3. The van der Waals surface area contributed by atoms with Gasteiger partial charge in [0.25, 0.3) is 0 Å². The number of ether oxygens (including phenoxy) is 1. The SMILES string of the molecule is CC.CCc1c(OC)ccnc1NC(C)C. The number of nitrogens with zero attached hydrogens (tertiary/aromatic N) is 1. The third-order valence-electron chi connectivity index (χ3n) is 2.01. The Labute approximate surface area is 99.2 Å². The summed E-state index contributed by atoms with van der Waals surface area (Å²) in [5.41, 5.74) is 1.14. The van der Waals surface area contributed by atoms with Crippen LogP contribution in [0.15, 0.2) is 12.3 Å². The lowest BCUT2D eigenvalue weighted by Gasteiger charge is -2.15. The van der Waals surface area contributed by atoms with Crippen molar-refractivity contribution in [2.24, 2.45) is 0 Å². The molecule has 3 nitrogen and oxygen atoms in total. The average Bonchev–Trinajstić information content (AvgIpc) is 2.30. The molecule has 1 aromatic heterocycles. The summed E-state index contributed by atoms with van der Waals surface area (Å²) in [6, 6.07) is 2.28. The normalized spacial score (nSPS) is 9.44. The van der Waals surface area contributed by atoms with Crippen LogP contribution in [0, 0.1) is 0 Å². The molecule has 1 heterocycles. The number of hydrogen-bond donors (Lipinski definition) is 1. The van der Waals surface area contributed by atoms with Crippen LogP contribution in [0.1, 0.15) is 40.2 Å². The fraction of sp³-hybridized carbons (Fsp3) is 0.615. The summed E-state index contributed by atoms with van der Waals surface area (Å²) in [6.45, 7) is 10.3. The first-order valence-electron chi connectivity index (χ1n) is 5.97. The van der Waals surface area contributed by atoms with Crippen LogP contribution in [0.25, 0.3) is 0 Å². The van der Waals surface area contributed by atoms with Crippen LogP contribution < -0.4 is 10.1 Å². The van der Waals surface area contributed by atoms with Crippen molar-refractivity contribution in [3.63, 3.8) is 0 Å². The zero-order valence-electron chi connectivity index (χ0n) is 11.3. The van der Waals surface area contributed by atoms with E-state index < -0.39 is 0 Å². The fourth-order valence-electron chi connectivity index (χ4n) is 1.41. The molecule has 0 fully saturated rings. The first kappa shape index (κ1) is 14.8. The van der Waals surface area contributed by atoms with Crippen molar-refractivity contribution in [3.8, 4) is 5.75 Å². The summed E-state index contributed by atoms with van der Waals surface area (Å²) < 4.78 is 5.28. The Kier molecular flexibility index (Phi) is 7.34. The van der Waals surface area contributed by atoms with Crippen molar-refractivity contribution in [2.45, 2.75) is 47.1 Å². The summed E-state index contributed by atoms with van der Waals surface area (Å²) in [5.74, 6) is 1.84. The van der Waals surface area contributed by atoms with E-state index in [0.29, 0.717) is 6.04 Å². The van der Waals surface area contributed by atoms with E-state index in [2.05, 4.69) is 31.1 Å². The van der Waals surface area contributed by atoms with Crippen LogP contribution in [0.2, 0.25) is 0 Å². The van der Waals surface area contributed by atoms with Gasteiger partial charge in [0.15, 0.2) is 0 Å². The molecule has 1 aromatic rings. The van der Waals surface area contributed by atoms with Gasteiger partial charge in [-0.05, 0) is 26.3 Å². The predicted octanol–water partition coefficient (Wildman–Crippen LogP) is 3.50. The zero-order chi connectivity index (χ0) is 12.6. The second-order valence-electron chi connectivity index (χ2n) is 3.49. The van der Waals surface area contributed by atoms with Gasteiger partial charge in [-0.3, -0.25) is 0 Å². The van der Waals surface area contributed by atoms with Crippen LogP contribution in [-0.2, 0) is 6.42 Å². The number of methoxy groups -OCH3 is 1. The van der Waals surface area contributed by atoms with E-state index in [0.717, 1.165) is 23.6 Å². The minimum Gasteiger partial charge on any atom is -0.496 e. The predicted molar refractivity (Wildman–Crippen MR) is 70.3 cm³/mol. The number of aromatic nitrogens is 1. The van der Waals surface area contributed by atoms with Crippen molar-refractivity contribution < 1.29 is 4.74 Å². The minimum absolute atomic E-state index is 0.389. The summed E-state index contributed by atoms with van der Waals surface area (Å²) >= 11 is 0. The van der Waals surface area contributed by atoms with Gasteiger partial charge in [-0.15, -0.1) is 0 Å². The largest absolute Gasteiger partial charge is 0.496 e. The van der Waals surface area contributed by atoms with Gasteiger partial charge in [0, 0.05) is 17.8 Å². The topological polar surface area (TPSA) is 34.1 Å². The van der Waals surface area contributed by atoms with Crippen molar-refractivity contribution in [1.82, 2.24) is 4.98 Å². The second-order valence-corrected chi connectivity index (χ2v) is 3.49. The van der Waals surface area contributed by atoms with Gasteiger partial charge in [-0.2, -0.15) is 0 Å². The van der Waals surface area contributed by atoms with Crippen molar-refractivity contribution >= 4 is 5.82 Å². The molecule has 92 valence electrons. The van der Waals surface area contributed by atoms with Gasteiger partial charge >= 0.3 is 0 Å². The van der Waals surface area contributed by atoms with E-state index in [-0.39, 0.29) is 0 Å². The third-order valence-corrected chi connectivity index (χ3v) is 2.01.